The van der Waals surface area contributed by atoms with Crippen LogP contribution >= 0.6 is 0 Å². The van der Waals surface area contributed by atoms with E-state index < -0.39 is 5.97 Å². The Bertz CT molecular complexity index is 560. The second kappa shape index (κ2) is 4.74. The Kier molecular flexibility index (Phi) is 3.04. The summed E-state index contributed by atoms with van der Waals surface area (Å²) >= 11 is 0. The van der Waals surface area contributed by atoms with E-state index in [4.69, 9.17) is 5.11 Å². The summed E-state index contributed by atoms with van der Waals surface area (Å²) in [5.74, 6) is -1.25. The molecule has 0 radical (unpaired) electrons. The molecule has 1 saturated carbocycles. The van der Waals surface area contributed by atoms with Crippen LogP contribution in [0, 0.1) is 5.92 Å². The second-order valence-electron chi connectivity index (χ2n) is 5.46. The van der Waals surface area contributed by atoms with E-state index in [2.05, 4.69) is 0 Å². The van der Waals surface area contributed by atoms with E-state index in [1.165, 1.54) is 4.90 Å². The molecule has 1 aromatic carbocycles. The number of hydrogen-bond acceptors (Lipinski definition) is 3. The largest absolute Gasteiger partial charge is 0.481 e. The van der Waals surface area contributed by atoms with Crippen LogP contribution < -0.4 is 0 Å². The number of carboxylic acids is 1. The number of benzene rings is 1. The summed E-state index contributed by atoms with van der Waals surface area (Å²) in [5.41, 5.74) is 0.915. The van der Waals surface area contributed by atoms with Gasteiger partial charge < -0.3 is 5.11 Å². The molecule has 104 valence electrons. The molecular formula is C15H15NO4. The van der Waals surface area contributed by atoms with Crippen molar-refractivity contribution in [1.82, 2.24) is 4.90 Å². The first kappa shape index (κ1) is 12.8. The van der Waals surface area contributed by atoms with E-state index in [-0.39, 0.29) is 30.2 Å². The molecule has 2 aliphatic rings. The molecule has 0 unspecified atom stereocenters. The van der Waals surface area contributed by atoms with Crippen molar-refractivity contribution in [2.45, 2.75) is 31.7 Å². The number of nitrogens with zero attached hydrogens (tertiary/aromatic N) is 1. The molecule has 1 aromatic rings. The van der Waals surface area contributed by atoms with Gasteiger partial charge in [0.15, 0.2) is 0 Å². The summed E-state index contributed by atoms with van der Waals surface area (Å²) in [6, 6.07) is 6.66. The van der Waals surface area contributed by atoms with Crippen LogP contribution in [0.5, 0.6) is 0 Å². The number of carbonyl (C=O) groups excluding carboxylic acids is 2. The minimum absolute atomic E-state index is 0.0572. The molecule has 5 nitrogen and oxygen atoms in total. The van der Waals surface area contributed by atoms with Gasteiger partial charge in [-0.25, -0.2) is 0 Å². The van der Waals surface area contributed by atoms with Gasteiger partial charge in [-0.2, -0.15) is 0 Å². The lowest BCUT2D eigenvalue weighted by Crippen LogP contribution is -2.38. The van der Waals surface area contributed by atoms with Gasteiger partial charge in [-0.3, -0.25) is 19.3 Å². The predicted octanol–water partition coefficient (Wildman–Crippen LogP) is 1.93. The van der Waals surface area contributed by atoms with Gasteiger partial charge in [0, 0.05) is 12.5 Å². The van der Waals surface area contributed by atoms with Crippen LogP contribution in [0.2, 0.25) is 0 Å². The Morgan fingerprint density at radius 2 is 1.75 bits per heavy atom. The number of amides is 2. The molecule has 0 saturated heterocycles. The predicted molar refractivity (Wildman–Crippen MR) is 70.3 cm³/mol. The highest BCUT2D eigenvalue weighted by Crippen LogP contribution is 2.35. The lowest BCUT2D eigenvalue weighted by molar-refractivity contribution is -0.138. The maximum atomic E-state index is 12.3. The molecule has 1 N–H and O–H groups in total. The van der Waals surface area contributed by atoms with Crippen LogP contribution in [0.25, 0.3) is 0 Å². The zero-order chi connectivity index (χ0) is 14.3. The molecule has 20 heavy (non-hydrogen) atoms. The van der Waals surface area contributed by atoms with Crippen molar-refractivity contribution in [1.29, 1.82) is 0 Å². The van der Waals surface area contributed by atoms with Crippen molar-refractivity contribution in [3.63, 3.8) is 0 Å². The Morgan fingerprint density at radius 1 is 1.15 bits per heavy atom. The summed E-state index contributed by atoms with van der Waals surface area (Å²) in [4.78, 5) is 36.7. The highest BCUT2D eigenvalue weighted by Gasteiger charge is 2.42. The number of fused-ring (bicyclic) bond motifs is 1. The number of carbonyl (C=O) groups is 3. The number of rotatable bonds is 3. The average molecular weight is 273 g/mol. The van der Waals surface area contributed by atoms with E-state index in [1.54, 1.807) is 24.3 Å². The number of carboxylic acid groups (broad SMARTS) is 1. The molecule has 2 atom stereocenters. The van der Waals surface area contributed by atoms with Crippen molar-refractivity contribution in [2.75, 3.05) is 0 Å². The summed E-state index contributed by atoms with van der Waals surface area (Å²) in [6.07, 6.45) is 2.16. The fourth-order valence-corrected chi connectivity index (χ4v) is 3.25. The Labute approximate surface area is 116 Å². The van der Waals surface area contributed by atoms with Gasteiger partial charge in [0.05, 0.1) is 11.1 Å². The Hall–Kier alpha value is -2.17. The van der Waals surface area contributed by atoms with E-state index in [0.29, 0.717) is 24.0 Å². The topological polar surface area (TPSA) is 74.7 Å². The second-order valence-corrected chi connectivity index (χ2v) is 5.46. The molecule has 1 aliphatic carbocycles. The third-order valence-electron chi connectivity index (χ3n) is 4.17. The van der Waals surface area contributed by atoms with Crippen molar-refractivity contribution < 1.29 is 19.5 Å². The van der Waals surface area contributed by atoms with E-state index in [0.717, 1.165) is 6.42 Å². The standard InChI is InChI=1S/C15H15NO4/c17-13(18)8-9-5-6-10(7-9)16-14(19)11-3-1-2-4-12(11)15(16)20/h1-4,9-10H,5-8H2,(H,17,18)/t9-,10-/m1/s1. The molecule has 1 fully saturated rings. The lowest BCUT2D eigenvalue weighted by Gasteiger charge is -2.21. The quantitative estimate of drug-likeness (QED) is 0.854. The maximum Gasteiger partial charge on any atom is 0.303 e. The Balaban J connectivity index is 1.79. The maximum absolute atomic E-state index is 12.3. The fraction of sp³-hybridized carbons (Fsp3) is 0.400. The molecule has 0 bridgehead atoms. The molecule has 0 aromatic heterocycles. The number of imide groups is 1. The molecule has 3 rings (SSSR count). The van der Waals surface area contributed by atoms with Gasteiger partial charge in [0.25, 0.3) is 11.8 Å². The summed E-state index contributed by atoms with van der Waals surface area (Å²) < 4.78 is 0. The van der Waals surface area contributed by atoms with Gasteiger partial charge in [-0.05, 0) is 37.3 Å². The van der Waals surface area contributed by atoms with Gasteiger partial charge in [-0.15, -0.1) is 0 Å². The zero-order valence-electron chi connectivity index (χ0n) is 10.9. The van der Waals surface area contributed by atoms with Crippen LogP contribution in [0.1, 0.15) is 46.4 Å². The van der Waals surface area contributed by atoms with Crippen LogP contribution in [-0.2, 0) is 4.79 Å². The van der Waals surface area contributed by atoms with E-state index in [1.807, 2.05) is 0 Å². The van der Waals surface area contributed by atoms with Gasteiger partial charge in [0.1, 0.15) is 0 Å². The van der Waals surface area contributed by atoms with Crippen molar-refractivity contribution >= 4 is 17.8 Å². The minimum Gasteiger partial charge on any atom is -0.481 e. The molecule has 5 heteroatoms. The molecule has 1 heterocycles. The SMILES string of the molecule is O=C(O)C[C@@H]1CC[C@@H](N2C(=O)c3ccccc3C2=O)C1. The highest BCUT2D eigenvalue weighted by atomic mass is 16.4. The van der Waals surface area contributed by atoms with Crippen molar-refractivity contribution in [3.8, 4) is 0 Å². The highest BCUT2D eigenvalue weighted by molar-refractivity contribution is 6.21. The molecule has 1 aliphatic heterocycles. The fourth-order valence-electron chi connectivity index (χ4n) is 3.25. The van der Waals surface area contributed by atoms with Gasteiger partial charge in [-0.1, -0.05) is 12.1 Å². The first-order valence-corrected chi connectivity index (χ1v) is 6.76. The van der Waals surface area contributed by atoms with Crippen LogP contribution in [0.15, 0.2) is 24.3 Å². The average Bonchev–Trinajstić information content (AvgIpc) is 2.94. The smallest absolute Gasteiger partial charge is 0.303 e. The van der Waals surface area contributed by atoms with Crippen LogP contribution in [0.4, 0.5) is 0 Å². The normalized spacial score (nSPS) is 25.1. The van der Waals surface area contributed by atoms with Crippen LogP contribution in [0.3, 0.4) is 0 Å². The van der Waals surface area contributed by atoms with Gasteiger partial charge in [0.2, 0.25) is 0 Å². The van der Waals surface area contributed by atoms with Crippen molar-refractivity contribution in [3.05, 3.63) is 35.4 Å². The lowest BCUT2D eigenvalue weighted by atomic mass is 10.0. The summed E-state index contributed by atoms with van der Waals surface area (Å²) in [5, 5.41) is 8.82. The molecule has 2 amide bonds. The molecular weight excluding hydrogens is 258 g/mol. The number of hydrogen-bond donors (Lipinski definition) is 1. The first-order chi connectivity index (χ1) is 9.58. The first-order valence-electron chi connectivity index (χ1n) is 6.76. The third-order valence-corrected chi connectivity index (χ3v) is 4.17. The van der Waals surface area contributed by atoms with E-state index in [9.17, 15) is 14.4 Å². The third kappa shape index (κ3) is 1.99. The monoisotopic (exact) mass is 273 g/mol. The Morgan fingerprint density at radius 3 is 2.30 bits per heavy atom. The molecule has 0 spiro atoms. The minimum atomic E-state index is -0.821. The zero-order valence-corrected chi connectivity index (χ0v) is 10.9. The van der Waals surface area contributed by atoms with E-state index >= 15 is 0 Å². The number of aliphatic carboxylic acids is 1. The summed E-state index contributed by atoms with van der Waals surface area (Å²) in [6.45, 7) is 0. The summed E-state index contributed by atoms with van der Waals surface area (Å²) in [7, 11) is 0. The van der Waals surface area contributed by atoms with Crippen LogP contribution in [-0.4, -0.2) is 33.8 Å². The van der Waals surface area contributed by atoms with Gasteiger partial charge >= 0.3 is 5.97 Å². The van der Waals surface area contributed by atoms with Crippen molar-refractivity contribution in [2.24, 2.45) is 5.92 Å².